The number of ether oxygens (including phenoxy) is 1. The average Bonchev–Trinajstić information content (AvgIpc) is 3.30. The number of hydrogen-bond donors (Lipinski definition) is 1. The molecule has 2 aromatic carbocycles. The van der Waals surface area contributed by atoms with E-state index in [0.717, 1.165) is 11.1 Å². The fourth-order valence-corrected chi connectivity index (χ4v) is 5.52. The minimum Gasteiger partial charge on any atom is -0.497 e. The highest BCUT2D eigenvalue weighted by molar-refractivity contribution is 7.89. The molecule has 0 radical (unpaired) electrons. The number of benzene rings is 2. The number of carbonyl (C=O) groups is 1. The van der Waals surface area contributed by atoms with Gasteiger partial charge in [0.05, 0.1) is 17.9 Å². The van der Waals surface area contributed by atoms with Crippen LogP contribution in [0.4, 0.5) is 0 Å². The molecule has 1 aliphatic heterocycles. The van der Waals surface area contributed by atoms with Crippen LogP contribution >= 0.6 is 0 Å². The molecule has 1 fully saturated rings. The van der Waals surface area contributed by atoms with Crippen LogP contribution in [-0.2, 0) is 21.4 Å². The zero-order chi connectivity index (χ0) is 22.6. The fraction of sp³-hybridized carbons (Fsp3) is 0.250. The first-order valence-corrected chi connectivity index (χ1v) is 11.8. The van der Waals surface area contributed by atoms with E-state index in [2.05, 4.69) is 10.3 Å². The third-order valence-electron chi connectivity index (χ3n) is 5.72. The molecule has 1 aliphatic rings. The van der Waals surface area contributed by atoms with Crippen molar-refractivity contribution in [2.24, 2.45) is 5.92 Å². The normalized spacial score (nSPS) is 18.9. The summed E-state index contributed by atoms with van der Waals surface area (Å²) in [5.41, 5.74) is 1.75. The number of sulfonamides is 1. The van der Waals surface area contributed by atoms with Gasteiger partial charge >= 0.3 is 0 Å². The van der Waals surface area contributed by atoms with Gasteiger partial charge in [-0.2, -0.15) is 4.31 Å². The van der Waals surface area contributed by atoms with E-state index in [0.29, 0.717) is 12.3 Å². The van der Waals surface area contributed by atoms with E-state index in [1.807, 2.05) is 36.4 Å². The van der Waals surface area contributed by atoms with Crippen LogP contribution < -0.4 is 10.1 Å². The first-order valence-electron chi connectivity index (χ1n) is 10.3. The monoisotopic (exact) mass is 451 g/mol. The van der Waals surface area contributed by atoms with Crippen molar-refractivity contribution in [3.63, 3.8) is 0 Å². The lowest BCUT2D eigenvalue weighted by Gasteiger charge is -2.19. The van der Waals surface area contributed by atoms with Gasteiger partial charge in [0.15, 0.2) is 0 Å². The summed E-state index contributed by atoms with van der Waals surface area (Å²) in [4.78, 5) is 17.5. The van der Waals surface area contributed by atoms with E-state index >= 15 is 0 Å². The van der Waals surface area contributed by atoms with Gasteiger partial charge in [0.1, 0.15) is 5.75 Å². The third-order valence-corrected chi connectivity index (χ3v) is 7.56. The number of nitrogens with zero attached hydrogens (tertiary/aromatic N) is 2. The largest absolute Gasteiger partial charge is 0.497 e. The third kappa shape index (κ3) is 4.66. The molecule has 4 rings (SSSR count). The van der Waals surface area contributed by atoms with Crippen molar-refractivity contribution >= 4 is 15.9 Å². The maximum absolute atomic E-state index is 13.2. The van der Waals surface area contributed by atoms with Crippen LogP contribution in [0.2, 0.25) is 0 Å². The maximum atomic E-state index is 13.2. The summed E-state index contributed by atoms with van der Waals surface area (Å²) >= 11 is 0. The summed E-state index contributed by atoms with van der Waals surface area (Å²) in [7, 11) is -2.14. The van der Waals surface area contributed by atoms with Gasteiger partial charge in [0.2, 0.25) is 15.9 Å². The lowest BCUT2D eigenvalue weighted by molar-refractivity contribution is -0.125. The van der Waals surface area contributed by atoms with Crippen LogP contribution in [-0.4, -0.2) is 43.8 Å². The molecule has 2 unspecified atom stereocenters. The molecule has 1 aromatic heterocycles. The van der Waals surface area contributed by atoms with Gasteiger partial charge < -0.3 is 10.1 Å². The Morgan fingerprint density at radius 2 is 1.91 bits per heavy atom. The molecule has 166 valence electrons. The smallest absolute Gasteiger partial charge is 0.243 e. The van der Waals surface area contributed by atoms with Gasteiger partial charge in [0, 0.05) is 37.9 Å². The summed E-state index contributed by atoms with van der Waals surface area (Å²) in [5.74, 6) is -0.344. The second-order valence-electron chi connectivity index (χ2n) is 7.70. The van der Waals surface area contributed by atoms with E-state index in [1.165, 1.54) is 4.31 Å². The van der Waals surface area contributed by atoms with Crippen molar-refractivity contribution < 1.29 is 17.9 Å². The quantitative estimate of drug-likeness (QED) is 0.597. The molecule has 1 saturated heterocycles. The van der Waals surface area contributed by atoms with E-state index in [4.69, 9.17) is 4.74 Å². The predicted molar refractivity (Wildman–Crippen MR) is 121 cm³/mol. The lowest BCUT2D eigenvalue weighted by Crippen LogP contribution is -2.35. The van der Waals surface area contributed by atoms with Gasteiger partial charge in [-0.05, 0) is 41.5 Å². The standard InChI is InChI=1S/C24H25N3O4S/c1-31-20-9-5-8-19(13-20)22-16-27(32(29,30)21-10-3-2-4-11-21)17-23(22)24(28)26-15-18-7-6-12-25-14-18/h2-14,22-23H,15-17H2,1H3,(H,26,28). The van der Waals surface area contributed by atoms with E-state index in [9.17, 15) is 13.2 Å². The summed E-state index contributed by atoms with van der Waals surface area (Å²) in [5, 5.41) is 2.95. The lowest BCUT2D eigenvalue weighted by atomic mass is 9.88. The summed E-state index contributed by atoms with van der Waals surface area (Å²) in [6.07, 6.45) is 3.37. The summed E-state index contributed by atoms with van der Waals surface area (Å²) < 4.78 is 33.2. The highest BCUT2D eigenvalue weighted by atomic mass is 32.2. The number of methoxy groups -OCH3 is 1. The van der Waals surface area contributed by atoms with Crippen molar-refractivity contribution in [3.05, 3.63) is 90.3 Å². The minimum atomic E-state index is -3.72. The Hall–Kier alpha value is -3.23. The molecule has 0 spiro atoms. The van der Waals surface area contributed by atoms with Crippen molar-refractivity contribution in [3.8, 4) is 5.75 Å². The summed E-state index contributed by atoms with van der Waals surface area (Å²) in [6, 6.07) is 19.5. The van der Waals surface area contributed by atoms with Crippen molar-refractivity contribution in [2.45, 2.75) is 17.4 Å². The zero-order valence-electron chi connectivity index (χ0n) is 17.7. The number of hydrogen-bond acceptors (Lipinski definition) is 5. The number of amides is 1. The Morgan fingerprint density at radius 3 is 2.62 bits per heavy atom. The van der Waals surface area contributed by atoms with Crippen LogP contribution in [0.25, 0.3) is 0 Å². The van der Waals surface area contributed by atoms with E-state index in [1.54, 1.807) is 49.8 Å². The number of aromatic nitrogens is 1. The summed E-state index contributed by atoms with van der Waals surface area (Å²) in [6.45, 7) is 0.660. The topological polar surface area (TPSA) is 88.6 Å². The van der Waals surface area contributed by atoms with Gasteiger partial charge in [0.25, 0.3) is 0 Å². The second kappa shape index (κ2) is 9.50. The zero-order valence-corrected chi connectivity index (χ0v) is 18.5. The minimum absolute atomic E-state index is 0.109. The molecular weight excluding hydrogens is 426 g/mol. The van der Waals surface area contributed by atoms with Gasteiger partial charge in [-0.25, -0.2) is 8.42 Å². The molecule has 0 aliphatic carbocycles. The maximum Gasteiger partial charge on any atom is 0.243 e. The SMILES string of the molecule is COc1cccc(C2CN(S(=O)(=O)c3ccccc3)CC2C(=O)NCc2cccnc2)c1. The Bertz CT molecular complexity index is 1170. The number of carbonyl (C=O) groups excluding carboxylic acids is 1. The van der Waals surface area contributed by atoms with Gasteiger partial charge in [-0.15, -0.1) is 0 Å². The predicted octanol–water partition coefficient (Wildman–Crippen LogP) is 2.81. The first kappa shape index (κ1) is 22.0. The Labute approximate surface area is 188 Å². The Balaban J connectivity index is 1.61. The Morgan fingerprint density at radius 1 is 1.09 bits per heavy atom. The molecule has 1 amide bonds. The van der Waals surface area contributed by atoms with Crippen molar-refractivity contribution in [2.75, 3.05) is 20.2 Å². The van der Waals surface area contributed by atoms with Crippen molar-refractivity contribution in [1.82, 2.24) is 14.6 Å². The Kier molecular flexibility index (Phi) is 6.53. The van der Waals surface area contributed by atoms with Crippen LogP contribution in [0.5, 0.6) is 5.75 Å². The number of pyridine rings is 1. The van der Waals surface area contributed by atoms with Gasteiger partial charge in [-0.3, -0.25) is 9.78 Å². The van der Waals surface area contributed by atoms with E-state index in [-0.39, 0.29) is 29.8 Å². The molecular formula is C24H25N3O4S. The highest BCUT2D eigenvalue weighted by Crippen LogP contribution is 2.37. The molecule has 2 atom stereocenters. The highest BCUT2D eigenvalue weighted by Gasteiger charge is 2.43. The molecule has 1 N–H and O–H groups in total. The fourth-order valence-electron chi connectivity index (χ4n) is 4.00. The molecule has 0 bridgehead atoms. The van der Waals surface area contributed by atoms with E-state index < -0.39 is 15.9 Å². The molecule has 0 saturated carbocycles. The number of nitrogens with one attached hydrogen (secondary N) is 1. The van der Waals surface area contributed by atoms with Crippen molar-refractivity contribution in [1.29, 1.82) is 0 Å². The molecule has 7 nitrogen and oxygen atoms in total. The average molecular weight is 452 g/mol. The molecule has 2 heterocycles. The van der Waals surface area contributed by atoms with Crippen LogP contribution in [0.1, 0.15) is 17.0 Å². The van der Waals surface area contributed by atoms with Gasteiger partial charge in [-0.1, -0.05) is 36.4 Å². The first-order chi connectivity index (χ1) is 15.5. The second-order valence-corrected chi connectivity index (χ2v) is 9.64. The van der Waals surface area contributed by atoms with Crippen LogP contribution in [0, 0.1) is 5.92 Å². The molecule has 3 aromatic rings. The van der Waals surface area contributed by atoms with Crippen LogP contribution in [0.3, 0.4) is 0 Å². The molecule has 8 heteroatoms. The van der Waals surface area contributed by atoms with Crippen LogP contribution in [0.15, 0.2) is 84.0 Å². The number of rotatable bonds is 7. The molecule has 32 heavy (non-hydrogen) atoms.